The van der Waals surface area contributed by atoms with Crippen molar-refractivity contribution in [3.05, 3.63) is 51.5 Å². The van der Waals surface area contributed by atoms with E-state index in [0.29, 0.717) is 25.1 Å². The molecule has 1 aliphatic heterocycles. The molecule has 0 saturated carbocycles. The Morgan fingerprint density at radius 2 is 2.14 bits per heavy atom. The topological polar surface area (TPSA) is 59.5 Å². The molecule has 28 heavy (non-hydrogen) atoms. The van der Waals surface area contributed by atoms with Gasteiger partial charge in [0, 0.05) is 24.5 Å². The highest BCUT2D eigenvalue weighted by atomic mass is 32.1. The second-order valence-corrected chi connectivity index (χ2v) is 8.06. The van der Waals surface area contributed by atoms with Crippen LogP contribution in [-0.4, -0.2) is 41.5 Å². The van der Waals surface area contributed by atoms with Crippen LogP contribution in [0.5, 0.6) is 0 Å². The van der Waals surface area contributed by atoms with Gasteiger partial charge in [0.1, 0.15) is 17.3 Å². The third-order valence-electron chi connectivity index (χ3n) is 4.95. The predicted molar refractivity (Wildman–Crippen MR) is 101 cm³/mol. The van der Waals surface area contributed by atoms with Crippen molar-refractivity contribution in [2.75, 3.05) is 19.7 Å². The fraction of sp³-hybridized carbons (Fsp3) is 0.450. The van der Waals surface area contributed by atoms with Crippen molar-refractivity contribution >= 4 is 23.2 Å². The van der Waals surface area contributed by atoms with Crippen LogP contribution in [0.4, 0.5) is 8.78 Å². The highest BCUT2D eigenvalue weighted by Crippen LogP contribution is 2.36. The molecule has 1 aromatic carbocycles. The van der Waals surface area contributed by atoms with Crippen LogP contribution < -0.4 is 0 Å². The lowest BCUT2D eigenvalue weighted by atomic mass is 9.75. The van der Waals surface area contributed by atoms with Crippen LogP contribution in [0.1, 0.15) is 40.8 Å². The molecule has 0 N–H and O–H groups in total. The molecule has 5 nitrogen and oxygen atoms in total. The van der Waals surface area contributed by atoms with Gasteiger partial charge in [-0.15, -0.1) is 11.3 Å². The Kier molecular flexibility index (Phi) is 6.07. The second-order valence-electron chi connectivity index (χ2n) is 7.00. The Bertz CT molecular complexity index is 886. The third kappa shape index (κ3) is 4.22. The van der Waals surface area contributed by atoms with Crippen molar-refractivity contribution in [3.8, 4) is 0 Å². The summed E-state index contributed by atoms with van der Waals surface area (Å²) in [5, 5.41) is 2.48. The van der Waals surface area contributed by atoms with E-state index >= 15 is 0 Å². The van der Waals surface area contributed by atoms with E-state index < -0.39 is 23.0 Å². The number of ether oxygens (including phenoxy) is 1. The summed E-state index contributed by atoms with van der Waals surface area (Å²) >= 11 is 1.38. The van der Waals surface area contributed by atoms with Crippen LogP contribution in [-0.2, 0) is 16.0 Å². The molecule has 1 aromatic heterocycles. The minimum Gasteiger partial charge on any atom is -0.466 e. The minimum absolute atomic E-state index is 0.0395. The summed E-state index contributed by atoms with van der Waals surface area (Å²) in [6, 6.07) is 3.31. The number of amides is 1. The van der Waals surface area contributed by atoms with Crippen LogP contribution >= 0.6 is 11.3 Å². The van der Waals surface area contributed by atoms with Crippen LogP contribution in [0.3, 0.4) is 0 Å². The van der Waals surface area contributed by atoms with Crippen LogP contribution in [0.2, 0.25) is 0 Å². The predicted octanol–water partition coefficient (Wildman–Crippen LogP) is 3.76. The molecule has 1 saturated heterocycles. The molecule has 8 heteroatoms. The van der Waals surface area contributed by atoms with Gasteiger partial charge in [-0.1, -0.05) is 6.07 Å². The molecule has 2 aromatic rings. The molecule has 1 amide bonds. The molecule has 1 fully saturated rings. The number of rotatable bonds is 5. The summed E-state index contributed by atoms with van der Waals surface area (Å²) in [5.74, 6) is -2.10. The van der Waals surface area contributed by atoms with Crippen molar-refractivity contribution in [3.63, 3.8) is 0 Å². The molecule has 0 unspecified atom stereocenters. The first-order valence-corrected chi connectivity index (χ1v) is 10.0. The Morgan fingerprint density at radius 3 is 2.79 bits per heavy atom. The van der Waals surface area contributed by atoms with E-state index in [9.17, 15) is 18.4 Å². The molecule has 0 radical (unpaired) electrons. The quantitative estimate of drug-likeness (QED) is 0.707. The van der Waals surface area contributed by atoms with Crippen LogP contribution in [0.15, 0.2) is 23.6 Å². The number of piperidine rings is 1. The average Bonchev–Trinajstić information content (AvgIpc) is 3.10. The van der Waals surface area contributed by atoms with Gasteiger partial charge in [0.05, 0.1) is 17.0 Å². The molecular weight excluding hydrogens is 386 g/mol. The Hall–Kier alpha value is -2.35. The number of thiazole rings is 1. The standard InChI is InChI=1S/C20H22F2N2O3S/c1-3-27-19(26)20(10-14-5-6-15(21)9-16(14)22)7-4-8-24(12-20)18(25)17-11-28-13(2)23-17/h5-6,9,11H,3-4,7-8,10,12H2,1-2H3/t20-/m0/s1. The van der Waals surface area contributed by atoms with Crippen LogP contribution in [0.25, 0.3) is 0 Å². The van der Waals surface area contributed by atoms with Crippen molar-refractivity contribution in [1.82, 2.24) is 9.88 Å². The Morgan fingerprint density at radius 1 is 1.36 bits per heavy atom. The lowest BCUT2D eigenvalue weighted by Gasteiger charge is -2.41. The zero-order chi connectivity index (χ0) is 20.3. The monoisotopic (exact) mass is 408 g/mol. The second kappa shape index (κ2) is 8.34. The van der Waals surface area contributed by atoms with E-state index in [1.54, 1.807) is 17.2 Å². The van der Waals surface area contributed by atoms with E-state index in [1.165, 1.54) is 23.5 Å². The zero-order valence-corrected chi connectivity index (χ0v) is 16.7. The maximum Gasteiger partial charge on any atom is 0.314 e. The number of carbonyl (C=O) groups excluding carboxylic acids is 2. The smallest absolute Gasteiger partial charge is 0.314 e. The summed E-state index contributed by atoms with van der Waals surface area (Å²) in [7, 11) is 0. The molecule has 1 atom stereocenters. The van der Waals surface area contributed by atoms with E-state index in [0.717, 1.165) is 11.1 Å². The number of esters is 1. The van der Waals surface area contributed by atoms with E-state index in [-0.39, 0.29) is 31.0 Å². The van der Waals surface area contributed by atoms with E-state index in [2.05, 4.69) is 4.98 Å². The number of benzene rings is 1. The van der Waals surface area contributed by atoms with Gasteiger partial charge >= 0.3 is 5.97 Å². The zero-order valence-electron chi connectivity index (χ0n) is 15.8. The number of nitrogens with zero attached hydrogens (tertiary/aromatic N) is 2. The number of carbonyl (C=O) groups is 2. The van der Waals surface area contributed by atoms with Crippen LogP contribution in [0, 0.1) is 24.0 Å². The van der Waals surface area contributed by atoms with Gasteiger partial charge in [-0.25, -0.2) is 13.8 Å². The molecule has 0 aliphatic carbocycles. The summed E-state index contributed by atoms with van der Waals surface area (Å²) in [6.07, 6.45) is 1.08. The fourth-order valence-corrected chi connectivity index (χ4v) is 4.21. The molecule has 2 heterocycles. The maximum absolute atomic E-state index is 14.3. The molecule has 1 aliphatic rings. The average molecular weight is 408 g/mol. The largest absolute Gasteiger partial charge is 0.466 e. The summed E-state index contributed by atoms with van der Waals surface area (Å²) < 4.78 is 32.8. The number of likely N-dealkylation sites (tertiary alicyclic amines) is 1. The SMILES string of the molecule is CCOC(=O)[C@]1(Cc2ccc(F)cc2F)CCCN(C(=O)c2csc(C)n2)C1. The van der Waals surface area contributed by atoms with Gasteiger partial charge in [-0.2, -0.15) is 0 Å². The van der Waals surface area contributed by atoms with Gasteiger partial charge in [-0.3, -0.25) is 9.59 Å². The summed E-state index contributed by atoms with van der Waals surface area (Å²) in [5.41, 5.74) is -0.503. The van der Waals surface area contributed by atoms with Crippen molar-refractivity contribution in [1.29, 1.82) is 0 Å². The molecule has 0 bridgehead atoms. The first-order valence-electron chi connectivity index (χ1n) is 9.17. The first kappa shape index (κ1) is 20.4. The molecule has 3 rings (SSSR count). The molecular formula is C20H22F2N2O3S. The number of hydrogen-bond donors (Lipinski definition) is 0. The number of aryl methyl sites for hydroxylation is 1. The van der Waals surface area contributed by atoms with Crippen molar-refractivity contribution in [2.24, 2.45) is 5.41 Å². The summed E-state index contributed by atoms with van der Waals surface area (Å²) in [4.78, 5) is 31.5. The lowest BCUT2D eigenvalue weighted by molar-refractivity contribution is -0.158. The van der Waals surface area contributed by atoms with Crippen molar-refractivity contribution in [2.45, 2.75) is 33.1 Å². The minimum atomic E-state index is -1.08. The third-order valence-corrected chi connectivity index (χ3v) is 5.73. The maximum atomic E-state index is 14.3. The first-order chi connectivity index (χ1) is 13.3. The van der Waals surface area contributed by atoms with Gasteiger partial charge in [0.25, 0.3) is 5.91 Å². The number of halogens is 2. The number of hydrogen-bond acceptors (Lipinski definition) is 5. The highest BCUT2D eigenvalue weighted by Gasteiger charge is 2.45. The lowest BCUT2D eigenvalue weighted by Crippen LogP contribution is -2.51. The van der Waals surface area contributed by atoms with Gasteiger partial charge in [0.15, 0.2) is 0 Å². The Balaban J connectivity index is 1.90. The summed E-state index contributed by atoms with van der Waals surface area (Å²) in [6.45, 7) is 4.30. The van der Waals surface area contributed by atoms with Gasteiger partial charge < -0.3 is 9.64 Å². The normalized spacial score (nSPS) is 19.5. The molecule has 0 spiro atoms. The molecule has 150 valence electrons. The Labute approximate surface area is 166 Å². The van der Waals surface area contributed by atoms with E-state index in [4.69, 9.17) is 4.74 Å². The van der Waals surface area contributed by atoms with E-state index in [1.807, 2.05) is 6.92 Å². The number of aromatic nitrogens is 1. The van der Waals surface area contributed by atoms with Crippen molar-refractivity contribution < 1.29 is 23.1 Å². The van der Waals surface area contributed by atoms with Gasteiger partial charge in [0.2, 0.25) is 0 Å². The van der Waals surface area contributed by atoms with Gasteiger partial charge in [-0.05, 0) is 44.7 Å². The fourth-order valence-electron chi connectivity index (χ4n) is 3.63. The highest BCUT2D eigenvalue weighted by molar-refractivity contribution is 7.09.